The highest BCUT2D eigenvalue weighted by Gasteiger charge is 2.18. The molecule has 0 saturated heterocycles. The zero-order valence-corrected chi connectivity index (χ0v) is 20.1. The number of hydrogen-bond donors (Lipinski definition) is 1. The molecule has 0 atom stereocenters. The average Bonchev–Trinajstić information content (AvgIpc) is 3.21. The predicted molar refractivity (Wildman–Crippen MR) is 132 cm³/mol. The first-order chi connectivity index (χ1) is 16.9. The van der Waals surface area contributed by atoms with Gasteiger partial charge in [-0.2, -0.15) is 0 Å². The molecule has 2 heterocycles. The van der Waals surface area contributed by atoms with Crippen LogP contribution in [0.25, 0.3) is 22.2 Å². The third-order valence-electron chi connectivity index (χ3n) is 5.59. The molecule has 0 saturated carbocycles. The number of ether oxygens (including phenoxy) is 4. The molecule has 0 aliphatic rings. The van der Waals surface area contributed by atoms with Crippen LogP contribution in [0.1, 0.15) is 0 Å². The number of nitrogens with one attached hydrogen (secondary N) is 1. The monoisotopic (exact) mass is 478 g/mol. The molecule has 0 spiro atoms. The average molecular weight is 479 g/mol. The van der Waals surface area contributed by atoms with Gasteiger partial charge in [-0.3, -0.25) is 14.2 Å². The number of amides is 1. The van der Waals surface area contributed by atoms with E-state index in [0.717, 1.165) is 11.1 Å². The smallest absolute Gasteiger partial charge is 0.278 e. The van der Waals surface area contributed by atoms with E-state index < -0.39 is 5.91 Å². The summed E-state index contributed by atoms with van der Waals surface area (Å²) >= 11 is 0. The number of fused-ring (bicyclic) bond motifs is 1. The number of aromatic nitrogens is 3. The van der Waals surface area contributed by atoms with Gasteiger partial charge >= 0.3 is 0 Å². The molecule has 0 radical (unpaired) electrons. The van der Waals surface area contributed by atoms with Crippen LogP contribution < -0.4 is 29.8 Å². The minimum atomic E-state index is -0.412. The van der Waals surface area contributed by atoms with Crippen molar-refractivity contribution in [2.45, 2.75) is 6.54 Å². The number of benzene rings is 2. The van der Waals surface area contributed by atoms with E-state index in [2.05, 4.69) is 10.3 Å². The van der Waals surface area contributed by atoms with Crippen LogP contribution in [0.15, 0.2) is 53.7 Å². The largest absolute Gasteiger partial charge is 0.497 e. The van der Waals surface area contributed by atoms with Gasteiger partial charge in [0.15, 0.2) is 11.5 Å². The first-order valence-corrected chi connectivity index (χ1v) is 10.7. The molecule has 1 amide bonds. The minimum absolute atomic E-state index is 0.224. The maximum atomic E-state index is 13.2. The third-order valence-corrected chi connectivity index (χ3v) is 5.59. The van der Waals surface area contributed by atoms with Gasteiger partial charge in [-0.1, -0.05) is 12.1 Å². The van der Waals surface area contributed by atoms with Crippen molar-refractivity contribution in [1.82, 2.24) is 14.1 Å². The van der Waals surface area contributed by atoms with Crippen molar-refractivity contribution < 1.29 is 23.7 Å². The second-order valence-electron chi connectivity index (χ2n) is 7.72. The van der Waals surface area contributed by atoms with E-state index in [9.17, 15) is 9.59 Å². The molecule has 1 N–H and O–H groups in total. The predicted octanol–water partition coefficient (Wildman–Crippen LogP) is 3.08. The topological polar surface area (TPSA) is 106 Å². The number of rotatable bonds is 8. The summed E-state index contributed by atoms with van der Waals surface area (Å²) in [5.41, 5.74) is 2.72. The summed E-state index contributed by atoms with van der Waals surface area (Å²) in [6.45, 7) is -0.224. The lowest BCUT2D eigenvalue weighted by molar-refractivity contribution is -0.116. The Labute approximate surface area is 201 Å². The standard InChI is InChI=1S/C25H26N4O6/c1-28-12-18(15-7-6-8-17(9-15)32-2)22-23(28)25(31)29(14-26-22)13-21(30)27-16-10-19(33-3)24(35-5)20(11-16)34-4/h6-12,14H,13H2,1-5H3,(H,27,30). The van der Waals surface area contributed by atoms with Crippen LogP contribution in [-0.2, 0) is 18.4 Å². The molecule has 4 rings (SSSR count). The molecule has 0 fully saturated rings. The molecule has 0 unspecified atom stereocenters. The Bertz CT molecular complexity index is 1430. The van der Waals surface area contributed by atoms with E-state index in [1.165, 1.54) is 32.2 Å². The van der Waals surface area contributed by atoms with Crippen molar-refractivity contribution in [2.24, 2.45) is 7.05 Å². The first kappa shape index (κ1) is 23.7. The van der Waals surface area contributed by atoms with Crippen molar-refractivity contribution in [3.8, 4) is 34.1 Å². The van der Waals surface area contributed by atoms with Crippen molar-refractivity contribution in [3.05, 3.63) is 59.3 Å². The van der Waals surface area contributed by atoms with Gasteiger partial charge in [-0.05, 0) is 17.7 Å². The van der Waals surface area contributed by atoms with Crippen LogP contribution in [0.3, 0.4) is 0 Å². The molecule has 2 aromatic carbocycles. The summed E-state index contributed by atoms with van der Waals surface area (Å²) < 4.78 is 24.2. The lowest BCUT2D eigenvalue weighted by Gasteiger charge is -2.15. The van der Waals surface area contributed by atoms with Crippen molar-refractivity contribution in [3.63, 3.8) is 0 Å². The Hall–Kier alpha value is -4.47. The molecule has 10 nitrogen and oxygen atoms in total. The van der Waals surface area contributed by atoms with Crippen LogP contribution in [0.2, 0.25) is 0 Å². The minimum Gasteiger partial charge on any atom is -0.497 e. The van der Waals surface area contributed by atoms with Crippen molar-refractivity contribution in [2.75, 3.05) is 33.8 Å². The van der Waals surface area contributed by atoms with Crippen LogP contribution in [0.5, 0.6) is 23.0 Å². The number of aryl methyl sites for hydroxylation is 1. The van der Waals surface area contributed by atoms with Gasteiger partial charge in [0.05, 0.1) is 34.8 Å². The van der Waals surface area contributed by atoms with Crippen LogP contribution in [-0.4, -0.2) is 48.5 Å². The summed E-state index contributed by atoms with van der Waals surface area (Å²) in [6, 6.07) is 10.8. The number of hydrogen-bond acceptors (Lipinski definition) is 7. The van der Waals surface area contributed by atoms with Gasteiger partial charge in [0.25, 0.3) is 5.56 Å². The first-order valence-electron chi connectivity index (χ1n) is 10.7. The Morgan fingerprint density at radius 1 is 1.00 bits per heavy atom. The van der Waals surface area contributed by atoms with Crippen LogP contribution in [0.4, 0.5) is 5.69 Å². The number of methoxy groups -OCH3 is 4. The van der Waals surface area contributed by atoms with Gasteiger partial charge < -0.3 is 28.8 Å². The molecule has 4 aromatic rings. The summed E-state index contributed by atoms with van der Waals surface area (Å²) in [7, 11) is 7.85. The summed E-state index contributed by atoms with van der Waals surface area (Å²) in [5, 5.41) is 2.76. The number of nitrogens with zero attached hydrogens (tertiary/aromatic N) is 3. The molecule has 10 heteroatoms. The van der Waals surface area contributed by atoms with E-state index in [1.54, 1.807) is 30.9 Å². The van der Waals surface area contributed by atoms with Gasteiger partial charge in [-0.25, -0.2) is 4.98 Å². The molecule has 2 aromatic heterocycles. The lowest BCUT2D eigenvalue weighted by Crippen LogP contribution is -2.28. The van der Waals surface area contributed by atoms with Crippen LogP contribution in [0, 0.1) is 0 Å². The molecular formula is C25H26N4O6. The third kappa shape index (κ3) is 4.50. The Morgan fingerprint density at radius 3 is 2.34 bits per heavy atom. The van der Waals surface area contributed by atoms with Crippen molar-refractivity contribution in [1.29, 1.82) is 0 Å². The van der Waals surface area contributed by atoms with Gasteiger partial charge in [0.2, 0.25) is 11.7 Å². The SMILES string of the molecule is COc1cccc(-c2cn(C)c3c(=O)n(CC(=O)Nc4cc(OC)c(OC)c(OC)c4)cnc23)c1. The summed E-state index contributed by atoms with van der Waals surface area (Å²) in [5.74, 6) is 1.50. The fourth-order valence-electron chi connectivity index (χ4n) is 3.94. The van der Waals surface area contributed by atoms with Gasteiger partial charge in [0.1, 0.15) is 23.3 Å². The van der Waals surface area contributed by atoms with Crippen LogP contribution >= 0.6 is 0 Å². The Kier molecular flexibility index (Phi) is 6.63. The highest BCUT2D eigenvalue weighted by atomic mass is 16.5. The highest BCUT2D eigenvalue weighted by molar-refractivity contribution is 5.94. The molecular weight excluding hydrogens is 452 g/mol. The number of carbonyl (C=O) groups excluding carboxylic acids is 1. The van der Waals surface area contributed by atoms with E-state index in [-0.39, 0.29) is 12.1 Å². The maximum Gasteiger partial charge on any atom is 0.278 e. The fourth-order valence-corrected chi connectivity index (χ4v) is 3.94. The molecule has 0 bridgehead atoms. The zero-order chi connectivity index (χ0) is 25.1. The molecule has 35 heavy (non-hydrogen) atoms. The summed E-state index contributed by atoms with van der Waals surface area (Å²) in [4.78, 5) is 30.5. The van der Waals surface area contributed by atoms with Gasteiger partial charge in [-0.15, -0.1) is 0 Å². The Morgan fingerprint density at radius 2 is 1.71 bits per heavy atom. The molecule has 182 valence electrons. The van der Waals surface area contributed by atoms with E-state index in [1.807, 2.05) is 30.5 Å². The van der Waals surface area contributed by atoms with Crippen molar-refractivity contribution >= 4 is 22.6 Å². The lowest BCUT2D eigenvalue weighted by atomic mass is 10.1. The van der Waals surface area contributed by atoms with E-state index in [0.29, 0.717) is 39.7 Å². The Balaban J connectivity index is 1.63. The number of anilines is 1. The second kappa shape index (κ2) is 9.80. The summed E-state index contributed by atoms with van der Waals surface area (Å²) in [6.07, 6.45) is 3.22. The maximum absolute atomic E-state index is 13.2. The molecule has 0 aliphatic heterocycles. The number of carbonyl (C=O) groups is 1. The van der Waals surface area contributed by atoms with E-state index in [4.69, 9.17) is 18.9 Å². The normalized spacial score (nSPS) is 10.8. The highest BCUT2D eigenvalue weighted by Crippen LogP contribution is 2.40. The molecule has 0 aliphatic carbocycles. The second-order valence-corrected chi connectivity index (χ2v) is 7.72. The van der Waals surface area contributed by atoms with Gasteiger partial charge in [0, 0.05) is 36.6 Å². The quantitative estimate of drug-likeness (QED) is 0.415. The fraction of sp³-hybridized carbons (Fsp3) is 0.240. The van der Waals surface area contributed by atoms with E-state index >= 15 is 0 Å². The zero-order valence-electron chi connectivity index (χ0n) is 20.1.